The second-order valence-corrected chi connectivity index (χ2v) is 6.40. The van der Waals surface area contributed by atoms with Gasteiger partial charge in [0, 0.05) is 30.4 Å². The summed E-state index contributed by atoms with van der Waals surface area (Å²) in [6, 6.07) is 4.53. The Morgan fingerprint density at radius 1 is 1.50 bits per heavy atom. The molecule has 1 atom stereocenters. The summed E-state index contributed by atoms with van der Waals surface area (Å²) >= 11 is 7.56. The first kappa shape index (κ1) is 12.1. The zero-order valence-corrected chi connectivity index (χ0v) is 11.8. The molecule has 3 rings (SSSR count). The Morgan fingerprint density at radius 2 is 2.39 bits per heavy atom. The van der Waals surface area contributed by atoms with E-state index in [4.69, 9.17) is 11.6 Å². The van der Waals surface area contributed by atoms with Crippen molar-refractivity contribution >= 4 is 22.9 Å². The van der Waals surface area contributed by atoms with Gasteiger partial charge in [-0.3, -0.25) is 0 Å². The summed E-state index contributed by atoms with van der Waals surface area (Å²) in [6.07, 6.45) is 2.13. The standard InChI is InChI=1S/C12H15ClN4S/c1-8-15-16-12-5-2-9(7-17(8)12)14-6-10-3-4-11(13)18-10/h3-4,9,14H,2,5-7H2,1H3. The zero-order valence-electron chi connectivity index (χ0n) is 10.2. The normalized spacial score (nSPS) is 18.9. The van der Waals surface area contributed by atoms with Crippen molar-refractivity contribution in [3.05, 3.63) is 33.0 Å². The molecule has 0 bridgehead atoms. The Labute approximate surface area is 115 Å². The molecular weight excluding hydrogens is 268 g/mol. The van der Waals surface area contributed by atoms with Crippen LogP contribution in [-0.4, -0.2) is 20.8 Å². The molecule has 96 valence electrons. The van der Waals surface area contributed by atoms with E-state index in [9.17, 15) is 0 Å². The number of aryl methyl sites for hydroxylation is 2. The molecule has 4 nitrogen and oxygen atoms in total. The van der Waals surface area contributed by atoms with Gasteiger partial charge in [0.15, 0.2) is 0 Å². The van der Waals surface area contributed by atoms with Crippen molar-refractivity contribution in [1.82, 2.24) is 20.1 Å². The first-order valence-electron chi connectivity index (χ1n) is 6.08. The van der Waals surface area contributed by atoms with Crippen LogP contribution < -0.4 is 5.32 Å². The van der Waals surface area contributed by atoms with E-state index in [2.05, 4.69) is 26.1 Å². The van der Waals surface area contributed by atoms with Crippen LogP contribution in [-0.2, 0) is 19.5 Å². The molecule has 1 N–H and O–H groups in total. The van der Waals surface area contributed by atoms with Gasteiger partial charge in [0.25, 0.3) is 0 Å². The Bertz CT molecular complexity index is 548. The van der Waals surface area contributed by atoms with Gasteiger partial charge in [-0.25, -0.2) is 0 Å². The Balaban J connectivity index is 1.61. The van der Waals surface area contributed by atoms with E-state index in [1.807, 2.05) is 13.0 Å². The van der Waals surface area contributed by atoms with E-state index in [1.54, 1.807) is 11.3 Å². The van der Waals surface area contributed by atoms with Gasteiger partial charge in [0.1, 0.15) is 11.6 Å². The lowest BCUT2D eigenvalue weighted by Gasteiger charge is -2.24. The largest absolute Gasteiger partial charge is 0.314 e. The van der Waals surface area contributed by atoms with Crippen LogP contribution in [0.1, 0.15) is 22.9 Å². The molecule has 0 radical (unpaired) electrons. The minimum absolute atomic E-state index is 0.494. The molecule has 0 amide bonds. The number of hydrogen-bond acceptors (Lipinski definition) is 4. The van der Waals surface area contributed by atoms with Crippen LogP contribution in [0.25, 0.3) is 0 Å². The highest BCUT2D eigenvalue weighted by Gasteiger charge is 2.20. The van der Waals surface area contributed by atoms with Gasteiger partial charge in [-0.15, -0.1) is 21.5 Å². The van der Waals surface area contributed by atoms with Crippen molar-refractivity contribution in [2.75, 3.05) is 0 Å². The number of halogens is 1. The van der Waals surface area contributed by atoms with E-state index in [0.717, 1.165) is 41.9 Å². The molecule has 0 fully saturated rings. The van der Waals surface area contributed by atoms with Crippen LogP contribution >= 0.6 is 22.9 Å². The summed E-state index contributed by atoms with van der Waals surface area (Å²) in [4.78, 5) is 1.28. The first-order chi connectivity index (χ1) is 8.72. The van der Waals surface area contributed by atoms with Crippen molar-refractivity contribution in [2.45, 2.75) is 38.9 Å². The van der Waals surface area contributed by atoms with Crippen LogP contribution in [0.15, 0.2) is 12.1 Å². The molecule has 0 saturated heterocycles. The predicted octanol–water partition coefficient (Wildman–Crippen LogP) is 2.41. The molecule has 2 aromatic heterocycles. The van der Waals surface area contributed by atoms with E-state index >= 15 is 0 Å². The quantitative estimate of drug-likeness (QED) is 0.940. The summed E-state index contributed by atoms with van der Waals surface area (Å²) in [6.45, 7) is 3.86. The van der Waals surface area contributed by atoms with E-state index < -0.39 is 0 Å². The predicted molar refractivity (Wildman–Crippen MR) is 73.0 cm³/mol. The van der Waals surface area contributed by atoms with Crippen LogP contribution in [0.3, 0.4) is 0 Å². The summed E-state index contributed by atoms with van der Waals surface area (Å²) in [5.74, 6) is 2.13. The third kappa shape index (κ3) is 2.43. The molecule has 3 heterocycles. The Hall–Kier alpha value is -0.910. The molecule has 1 aliphatic heterocycles. The number of thiophene rings is 1. The molecule has 0 saturated carbocycles. The minimum atomic E-state index is 0.494. The van der Waals surface area contributed by atoms with Gasteiger partial charge in [0.05, 0.1) is 4.34 Å². The number of hydrogen-bond donors (Lipinski definition) is 1. The average Bonchev–Trinajstić information content (AvgIpc) is 2.94. The maximum Gasteiger partial charge on any atom is 0.133 e. The van der Waals surface area contributed by atoms with Gasteiger partial charge >= 0.3 is 0 Å². The molecule has 1 unspecified atom stereocenters. The summed E-state index contributed by atoms with van der Waals surface area (Å²) < 4.78 is 3.06. The lowest BCUT2D eigenvalue weighted by Crippen LogP contribution is -2.37. The average molecular weight is 283 g/mol. The summed E-state index contributed by atoms with van der Waals surface area (Å²) in [5.41, 5.74) is 0. The maximum atomic E-state index is 5.93. The monoisotopic (exact) mass is 282 g/mol. The minimum Gasteiger partial charge on any atom is -0.314 e. The topological polar surface area (TPSA) is 42.7 Å². The van der Waals surface area contributed by atoms with E-state index in [1.165, 1.54) is 4.88 Å². The second kappa shape index (κ2) is 4.99. The zero-order chi connectivity index (χ0) is 12.5. The molecule has 0 aliphatic carbocycles. The van der Waals surface area contributed by atoms with Crippen molar-refractivity contribution in [3.8, 4) is 0 Å². The Kier molecular flexibility index (Phi) is 3.37. The maximum absolute atomic E-state index is 5.93. The highest BCUT2D eigenvalue weighted by molar-refractivity contribution is 7.16. The van der Waals surface area contributed by atoms with Gasteiger partial charge in [0.2, 0.25) is 0 Å². The summed E-state index contributed by atoms with van der Waals surface area (Å²) in [5, 5.41) is 11.9. The van der Waals surface area contributed by atoms with Crippen molar-refractivity contribution in [1.29, 1.82) is 0 Å². The number of fused-ring (bicyclic) bond motifs is 1. The summed E-state index contributed by atoms with van der Waals surface area (Å²) in [7, 11) is 0. The third-order valence-electron chi connectivity index (χ3n) is 3.33. The van der Waals surface area contributed by atoms with E-state index in [0.29, 0.717) is 6.04 Å². The highest BCUT2D eigenvalue weighted by Crippen LogP contribution is 2.22. The second-order valence-electron chi connectivity index (χ2n) is 4.60. The molecule has 18 heavy (non-hydrogen) atoms. The fourth-order valence-corrected chi connectivity index (χ4v) is 3.36. The molecule has 1 aliphatic rings. The van der Waals surface area contributed by atoms with E-state index in [-0.39, 0.29) is 0 Å². The van der Waals surface area contributed by atoms with Gasteiger partial charge < -0.3 is 9.88 Å². The van der Waals surface area contributed by atoms with Crippen molar-refractivity contribution in [3.63, 3.8) is 0 Å². The van der Waals surface area contributed by atoms with Crippen LogP contribution in [0, 0.1) is 6.92 Å². The van der Waals surface area contributed by atoms with Crippen LogP contribution in [0.2, 0.25) is 4.34 Å². The smallest absolute Gasteiger partial charge is 0.133 e. The van der Waals surface area contributed by atoms with Crippen LogP contribution in [0.5, 0.6) is 0 Å². The number of nitrogens with zero attached hydrogens (tertiary/aromatic N) is 3. The fraction of sp³-hybridized carbons (Fsp3) is 0.500. The van der Waals surface area contributed by atoms with Gasteiger partial charge in [-0.2, -0.15) is 0 Å². The fourth-order valence-electron chi connectivity index (χ4n) is 2.32. The lowest BCUT2D eigenvalue weighted by atomic mass is 10.1. The lowest BCUT2D eigenvalue weighted by molar-refractivity contribution is 0.376. The third-order valence-corrected chi connectivity index (χ3v) is 4.56. The van der Waals surface area contributed by atoms with Gasteiger partial charge in [-0.1, -0.05) is 11.6 Å². The van der Waals surface area contributed by atoms with Crippen LogP contribution in [0.4, 0.5) is 0 Å². The SMILES string of the molecule is Cc1nnc2n1CC(NCc1ccc(Cl)s1)CC2. The number of rotatable bonds is 3. The first-order valence-corrected chi connectivity index (χ1v) is 7.28. The van der Waals surface area contributed by atoms with Gasteiger partial charge in [-0.05, 0) is 25.5 Å². The number of aromatic nitrogens is 3. The molecule has 0 spiro atoms. The molecule has 2 aromatic rings. The molecule has 6 heteroatoms. The number of nitrogens with one attached hydrogen (secondary N) is 1. The molecule has 0 aromatic carbocycles. The van der Waals surface area contributed by atoms with Crippen molar-refractivity contribution < 1.29 is 0 Å². The molecular formula is C12H15ClN4S. The van der Waals surface area contributed by atoms with Crippen molar-refractivity contribution in [2.24, 2.45) is 0 Å². The Morgan fingerprint density at radius 3 is 3.17 bits per heavy atom. The highest BCUT2D eigenvalue weighted by atomic mass is 35.5.